The highest BCUT2D eigenvalue weighted by molar-refractivity contribution is 6.11. The number of imidazole rings is 3. The second kappa shape index (κ2) is 34.4. The van der Waals surface area contributed by atoms with E-state index >= 15 is 17.6 Å². The number of carbonyl (C=O) groups excluding carboxylic acids is 3. The Labute approximate surface area is 725 Å². The highest BCUT2D eigenvalue weighted by Crippen LogP contribution is 2.48. The number of aromatic nitrogens is 12. The summed E-state index contributed by atoms with van der Waals surface area (Å²) in [6.07, 6.45) is 18.0. The van der Waals surface area contributed by atoms with Crippen molar-refractivity contribution in [2.75, 3.05) is 89.6 Å². The lowest BCUT2D eigenvalue weighted by Gasteiger charge is -2.32. The van der Waals surface area contributed by atoms with E-state index in [4.69, 9.17) is 28.9 Å². The maximum atomic E-state index is 15.5. The average molecular weight is 1710 g/mol. The van der Waals surface area contributed by atoms with Crippen LogP contribution in [0.5, 0.6) is 23.0 Å². The van der Waals surface area contributed by atoms with Crippen molar-refractivity contribution in [1.82, 2.24) is 74.5 Å². The maximum absolute atomic E-state index is 15.5. The predicted molar refractivity (Wildman–Crippen MR) is 469 cm³/mol. The monoisotopic (exact) mass is 1710 g/mol. The lowest BCUT2D eigenvalue weighted by molar-refractivity contribution is 0.0737. The summed E-state index contributed by atoms with van der Waals surface area (Å²) in [5, 5.41) is 21.3. The first-order valence-corrected chi connectivity index (χ1v) is 42.4. The Morgan fingerprint density at radius 2 is 0.929 bits per heavy atom. The summed E-state index contributed by atoms with van der Waals surface area (Å²) in [5.74, 6) is 0.459. The molecule has 26 nitrogen and oxygen atoms in total. The van der Waals surface area contributed by atoms with E-state index < -0.39 is 41.0 Å². The smallest absolute Gasteiger partial charge is 0.265 e. The number of likely N-dealkylation sites (N-methyl/N-ethyl adjacent to an activating group) is 1. The number of H-pyrrole nitrogens is 3. The molecule has 0 radical (unpaired) electrons. The molecule has 15 aromatic rings. The van der Waals surface area contributed by atoms with Gasteiger partial charge in [-0.3, -0.25) is 29.3 Å². The Morgan fingerprint density at radius 3 is 1.40 bits per heavy atom. The molecule has 640 valence electrons. The summed E-state index contributed by atoms with van der Waals surface area (Å²) in [4.78, 5) is 101. The number of aliphatic hydroxyl groups is 2. The first kappa shape index (κ1) is 81.2. The van der Waals surface area contributed by atoms with Gasteiger partial charge < -0.3 is 63.7 Å². The number of pyridine rings is 6. The Bertz CT molecular complexity index is 6770. The zero-order valence-corrected chi connectivity index (χ0v) is 69.3. The van der Waals surface area contributed by atoms with Crippen LogP contribution in [0, 0.1) is 23.3 Å². The van der Waals surface area contributed by atoms with Crippen LogP contribution in [0.1, 0.15) is 126 Å². The minimum atomic E-state index is -0.595. The fourth-order valence-corrected chi connectivity index (χ4v) is 17.2. The molecule has 22 rings (SSSR count). The number of nitrogens with one attached hydrogen (secondary N) is 3. The number of rotatable bonds is 18. The van der Waals surface area contributed by atoms with E-state index in [-0.39, 0.29) is 93.2 Å². The first-order chi connectivity index (χ1) is 62.1. The summed E-state index contributed by atoms with van der Waals surface area (Å²) in [6.45, 7) is 5.63. The third kappa shape index (κ3) is 16.3. The van der Waals surface area contributed by atoms with Gasteiger partial charge in [-0.05, 0) is 205 Å². The van der Waals surface area contributed by atoms with Crippen molar-refractivity contribution in [2.24, 2.45) is 0 Å². The Hall–Kier alpha value is -14.2. The quantitative estimate of drug-likeness (QED) is 0.0498. The van der Waals surface area contributed by atoms with Gasteiger partial charge in [0.15, 0.2) is 28.6 Å². The Kier molecular flexibility index (Phi) is 22.0. The van der Waals surface area contributed by atoms with Crippen molar-refractivity contribution < 1.29 is 61.1 Å². The van der Waals surface area contributed by atoms with Crippen LogP contribution in [0.3, 0.4) is 0 Å². The molecular weight excluding hydrogens is 1620 g/mol. The summed E-state index contributed by atoms with van der Waals surface area (Å²) < 4.78 is 83.9. The third-order valence-corrected chi connectivity index (χ3v) is 24.5. The van der Waals surface area contributed by atoms with Gasteiger partial charge in [-0.25, -0.2) is 52.4 Å². The molecule has 6 aromatic carbocycles. The van der Waals surface area contributed by atoms with E-state index in [0.717, 1.165) is 116 Å². The van der Waals surface area contributed by atoms with Crippen molar-refractivity contribution in [3.63, 3.8) is 0 Å². The SMILES string of the molecule is CN1CCN(Cc2ccc(-c3nc4nccc(-c5cccc(N6CCOc7cc(C8CC8)cc(F)c7C6=O)c5CO)c4[nH]3)nc2)CC1.COc1ccc(-c2nc3nccc(-c4ccc(CN5CCOc6cc(C7CC7)cc(F)c6C5=O)c(F)c4)c3[nH]2)nc1.O=C1c2c(F)cc(C3CC3)cc2OCCN1c1cccc(-c2ccnc3nc(-c4cccnc4)[nH]c23)c1CO. The molecule has 13 heterocycles. The van der Waals surface area contributed by atoms with Crippen molar-refractivity contribution >= 4 is 62.6 Å². The molecule has 30 heteroatoms. The van der Waals surface area contributed by atoms with Gasteiger partial charge in [0.2, 0.25) is 0 Å². The molecule has 3 amide bonds. The van der Waals surface area contributed by atoms with Crippen molar-refractivity contribution in [1.29, 1.82) is 0 Å². The number of aliphatic hydroxyl groups excluding tert-OH is 2. The number of hydrogen-bond acceptors (Lipinski definition) is 20. The van der Waals surface area contributed by atoms with E-state index in [0.29, 0.717) is 131 Å². The molecule has 5 N–H and O–H groups in total. The van der Waals surface area contributed by atoms with Crippen LogP contribution >= 0.6 is 0 Å². The van der Waals surface area contributed by atoms with Gasteiger partial charge in [-0.2, -0.15) is 0 Å². The number of methoxy groups -OCH3 is 1. The van der Waals surface area contributed by atoms with E-state index in [2.05, 4.69) is 72.8 Å². The molecule has 3 aliphatic carbocycles. The van der Waals surface area contributed by atoms with Crippen LogP contribution < -0.4 is 28.7 Å². The van der Waals surface area contributed by atoms with Crippen molar-refractivity contribution in [3.8, 4) is 90.8 Å². The number of anilines is 2. The number of ether oxygens (including phenoxy) is 4. The van der Waals surface area contributed by atoms with E-state index in [1.165, 1.54) is 39.0 Å². The van der Waals surface area contributed by atoms with Gasteiger partial charge in [0.1, 0.15) is 100.0 Å². The molecule has 4 fully saturated rings. The second-order valence-corrected chi connectivity index (χ2v) is 32.7. The molecule has 0 bridgehead atoms. The Morgan fingerprint density at radius 1 is 0.441 bits per heavy atom. The summed E-state index contributed by atoms with van der Waals surface area (Å²) in [5.41, 5.74) is 15.9. The Balaban J connectivity index is 0.000000120. The summed E-state index contributed by atoms with van der Waals surface area (Å²) >= 11 is 0. The molecule has 127 heavy (non-hydrogen) atoms. The maximum Gasteiger partial charge on any atom is 0.265 e. The van der Waals surface area contributed by atoms with Gasteiger partial charge >= 0.3 is 0 Å². The predicted octanol–water partition coefficient (Wildman–Crippen LogP) is 16.1. The van der Waals surface area contributed by atoms with E-state index in [9.17, 15) is 24.6 Å². The summed E-state index contributed by atoms with van der Waals surface area (Å²) in [6, 6.07) is 42.4. The molecule has 0 spiro atoms. The van der Waals surface area contributed by atoms with Crippen LogP contribution in [0.4, 0.5) is 28.9 Å². The molecule has 0 unspecified atom stereocenters. The number of piperazine rings is 1. The van der Waals surface area contributed by atoms with Crippen molar-refractivity contribution in [2.45, 2.75) is 82.6 Å². The summed E-state index contributed by atoms with van der Waals surface area (Å²) in [7, 11) is 3.72. The minimum absolute atomic E-state index is 0.0132. The zero-order valence-electron chi connectivity index (χ0n) is 69.3. The second-order valence-electron chi connectivity index (χ2n) is 32.7. The first-order valence-electron chi connectivity index (χ1n) is 42.4. The average Bonchev–Trinajstić information content (AvgIpc) is 1.65. The topological polar surface area (TPSA) is 308 Å². The van der Waals surface area contributed by atoms with Gasteiger partial charge in [0.25, 0.3) is 17.7 Å². The van der Waals surface area contributed by atoms with E-state index in [1.807, 2.05) is 60.8 Å². The van der Waals surface area contributed by atoms with Gasteiger partial charge in [-0.15, -0.1) is 0 Å². The molecule has 1 saturated heterocycles. The largest absolute Gasteiger partial charge is 0.495 e. The molecule has 4 aliphatic heterocycles. The molecule has 0 atom stereocenters. The number of amides is 3. The number of benzene rings is 6. The lowest BCUT2D eigenvalue weighted by Crippen LogP contribution is -2.43. The highest BCUT2D eigenvalue weighted by Gasteiger charge is 2.38. The van der Waals surface area contributed by atoms with Crippen molar-refractivity contribution in [3.05, 3.63) is 268 Å². The number of halogens is 4. The standard InChI is InChI=1S/C36H36FN7O3.C31H25F2N5O3.C30H24FN5O3/c1-42-11-13-43(14-12-42)20-22-5-8-29(39-19-22)34-40-33-26(9-10-38-35(33)41-34)25-3-2-4-30(27(25)21-45)44-15-16-47-31-18-24(23-6-7-23)17-28(37)32(31)36(44)46;1-40-21-6-7-25(35-15-21)29-36-28-22(8-9-34-30(28)37-29)18-4-5-19(23(32)12-18)16-38-10-11-41-26-14-20(17-2-3-17)13-24(33)27(26)31(38)39;31-23-13-19(17-6-7-17)14-25-26(23)30(38)36(11-12-39-25)24-5-1-4-20(22(24)16-37)21-8-10-33-29-27(21)34-28(35-29)18-3-2-9-32-15-18/h2-5,8-10,17-19,23,45H,6-7,11-16,20-21H2,1H3,(H,38,40,41);4-9,12-15,17H,2-3,10-11,16H2,1H3,(H,34,36,37);1-5,8-10,13-15,17,37H,6-7,11-12,16H2,(H,33,34,35). The minimum Gasteiger partial charge on any atom is -0.495 e. The number of hydrogen-bond donors (Lipinski definition) is 5. The van der Waals surface area contributed by atoms with Crippen LogP contribution in [-0.2, 0) is 26.3 Å². The van der Waals surface area contributed by atoms with Crippen LogP contribution in [0.2, 0.25) is 0 Å². The van der Waals surface area contributed by atoms with Gasteiger partial charge in [-0.1, -0.05) is 42.5 Å². The van der Waals surface area contributed by atoms with Gasteiger partial charge in [0, 0.05) is 115 Å². The molecule has 7 aliphatic rings. The lowest BCUT2D eigenvalue weighted by atomic mass is 9.97. The number of fused-ring (bicyclic) bond motifs is 6. The van der Waals surface area contributed by atoms with Crippen LogP contribution in [0.25, 0.3) is 101 Å². The highest BCUT2D eigenvalue weighted by atomic mass is 19.1. The molecular formula is C97H85F4N17O9. The van der Waals surface area contributed by atoms with Gasteiger partial charge in [0.05, 0.1) is 74.1 Å². The molecule has 9 aromatic heterocycles. The zero-order chi connectivity index (χ0) is 86.7. The van der Waals surface area contributed by atoms with Crippen LogP contribution in [0.15, 0.2) is 189 Å². The van der Waals surface area contributed by atoms with E-state index in [1.54, 1.807) is 105 Å². The molecule has 3 saturated carbocycles. The fraction of sp³-hybridized carbons (Fsp3) is 0.258. The number of aromatic amines is 3. The third-order valence-electron chi connectivity index (χ3n) is 24.5. The fourth-order valence-electron chi connectivity index (χ4n) is 17.2. The van der Waals surface area contributed by atoms with Crippen LogP contribution in [-0.4, -0.2) is 182 Å². The number of nitrogens with zero attached hydrogens (tertiary/aromatic N) is 14. The normalized spacial score (nSPS) is 16.0. The number of carbonyl (C=O) groups is 3.